The van der Waals surface area contributed by atoms with Crippen molar-refractivity contribution in [1.82, 2.24) is 9.29 Å². The van der Waals surface area contributed by atoms with Gasteiger partial charge in [-0.25, -0.2) is 13.4 Å². The molecule has 172 valence electrons. The van der Waals surface area contributed by atoms with Gasteiger partial charge >= 0.3 is 0 Å². The molecular weight excluding hydrogens is 436 g/mol. The van der Waals surface area contributed by atoms with Gasteiger partial charge in [-0.1, -0.05) is 32.0 Å². The Bertz CT molecular complexity index is 1280. The van der Waals surface area contributed by atoms with Gasteiger partial charge in [-0.15, -0.1) is 0 Å². The lowest BCUT2D eigenvalue weighted by Gasteiger charge is -2.18. The van der Waals surface area contributed by atoms with Gasteiger partial charge in [0.05, 0.1) is 4.90 Å². The van der Waals surface area contributed by atoms with E-state index in [4.69, 9.17) is 5.73 Å². The number of amides is 1. The third kappa shape index (κ3) is 4.62. The second-order valence-corrected chi connectivity index (χ2v) is 9.98. The number of aryl methyl sites for hydroxylation is 1. The summed E-state index contributed by atoms with van der Waals surface area (Å²) in [4.78, 5) is 16.5. The van der Waals surface area contributed by atoms with Crippen LogP contribution in [0.25, 0.3) is 22.3 Å². The summed E-state index contributed by atoms with van der Waals surface area (Å²) in [7, 11) is -3.51. The summed E-state index contributed by atoms with van der Waals surface area (Å²) in [5.74, 6) is 0.452. The molecule has 0 radical (unpaired) electrons. The minimum atomic E-state index is -3.51. The number of fused-ring (bicyclic) bond motifs is 1. The van der Waals surface area contributed by atoms with Gasteiger partial charge in [0, 0.05) is 42.5 Å². The average molecular weight is 465 g/mol. The van der Waals surface area contributed by atoms with E-state index in [1.165, 1.54) is 4.31 Å². The molecule has 1 aromatic heterocycles. The number of hydrogen-bond acceptors (Lipinski definition) is 5. The van der Waals surface area contributed by atoms with E-state index in [1.807, 2.05) is 32.0 Å². The second-order valence-electron chi connectivity index (χ2n) is 8.04. The zero-order valence-electron chi connectivity index (χ0n) is 18.8. The normalized spacial score (nSPS) is 14.0. The number of rotatable bonds is 6. The Morgan fingerprint density at radius 3 is 2.36 bits per heavy atom. The molecule has 1 amide bonds. The van der Waals surface area contributed by atoms with E-state index >= 15 is 0 Å². The highest BCUT2D eigenvalue weighted by molar-refractivity contribution is 7.89. The van der Waals surface area contributed by atoms with Gasteiger partial charge in [-0.05, 0) is 59.9 Å². The Labute approximate surface area is 194 Å². The lowest BCUT2D eigenvalue weighted by molar-refractivity contribution is -0.116. The molecule has 0 bridgehead atoms. The van der Waals surface area contributed by atoms with Crippen LogP contribution in [0, 0.1) is 0 Å². The number of nitrogen functional groups attached to an aromatic ring is 1. The zero-order chi connectivity index (χ0) is 23.6. The zero-order valence-corrected chi connectivity index (χ0v) is 19.7. The van der Waals surface area contributed by atoms with Crippen molar-refractivity contribution >= 4 is 27.4 Å². The fourth-order valence-electron chi connectivity index (χ4n) is 4.14. The summed E-state index contributed by atoms with van der Waals surface area (Å²) < 4.78 is 27.0. The Hall–Kier alpha value is -3.23. The molecule has 0 atom stereocenters. The molecule has 1 aliphatic rings. The number of nitrogens with two attached hydrogens (primary N) is 1. The van der Waals surface area contributed by atoms with Crippen LogP contribution in [-0.4, -0.2) is 36.7 Å². The highest BCUT2D eigenvalue weighted by Gasteiger charge is 2.21. The van der Waals surface area contributed by atoms with Crippen LogP contribution in [-0.2, 0) is 21.2 Å². The SMILES string of the molecule is CCN(CC)S(=O)(=O)c1ccc(-c2cnc(N)c(-c3ccc4c(c3)CCCC(=O)N4)c2)cc1. The number of hydrogen-bond donors (Lipinski definition) is 2. The predicted molar refractivity (Wildman–Crippen MR) is 131 cm³/mol. The molecule has 4 rings (SSSR count). The van der Waals surface area contributed by atoms with Gasteiger partial charge in [-0.3, -0.25) is 4.79 Å². The highest BCUT2D eigenvalue weighted by atomic mass is 32.2. The minimum Gasteiger partial charge on any atom is -0.383 e. The first-order valence-electron chi connectivity index (χ1n) is 11.1. The number of pyridine rings is 1. The van der Waals surface area contributed by atoms with Crippen molar-refractivity contribution in [2.75, 3.05) is 24.1 Å². The number of carbonyl (C=O) groups is 1. The molecule has 0 fully saturated rings. The quantitative estimate of drug-likeness (QED) is 0.566. The summed E-state index contributed by atoms with van der Waals surface area (Å²) in [6.45, 7) is 4.51. The van der Waals surface area contributed by atoms with Crippen molar-refractivity contribution in [3.63, 3.8) is 0 Å². The van der Waals surface area contributed by atoms with Gasteiger partial charge in [0.1, 0.15) is 5.82 Å². The Morgan fingerprint density at radius 2 is 1.67 bits per heavy atom. The number of benzene rings is 2. The predicted octanol–water partition coefficient (Wildman–Crippen LogP) is 4.30. The summed E-state index contributed by atoms with van der Waals surface area (Å²) in [6, 6.07) is 14.7. The van der Waals surface area contributed by atoms with Crippen LogP contribution in [0.15, 0.2) is 59.6 Å². The average Bonchev–Trinajstić information content (AvgIpc) is 3.00. The lowest BCUT2D eigenvalue weighted by Crippen LogP contribution is -2.30. The van der Waals surface area contributed by atoms with Crippen molar-refractivity contribution in [2.45, 2.75) is 38.0 Å². The van der Waals surface area contributed by atoms with E-state index in [1.54, 1.807) is 30.5 Å². The van der Waals surface area contributed by atoms with E-state index in [0.717, 1.165) is 46.3 Å². The van der Waals surface area contributed by atoms with Crippen LogP contribution in [0.2, 0.25) is 0 Å². The molecule has 1 aliphatic heterocycles. The topological polar surface area (TPSA) is 105 Å². The van der Waals surface area contributed by atoms with Crippen LogP contribution < -0.4 is 11.1 Å². The summed E-state index contributed by atoms with van der Waals surface area (Å²) in [6.07, 6.45) is 3.83. The van der Waals surface area contributed by atoms with Gasteiger partial charge in [0.25, 0.3) is 0 Å². The summed E-state index contributed by atoms with van der Waals surface area (Å²) in [5, 5.41) is 2.95. The van der Waals surface area contributed by atoms with Crippen molar-refractivity contribution in [3.8, 4) is 22.3 Å². The van der Waals surface area contributed by atoms with Crippen LogP contribution in [0.1, 0.15) is 32.3 Å². The van der Waals surface area contributed by atoms with Gasteiger partial charge < -0.3 is 11.1 Å². The number of nitrogens with zero attached hydrogens (tertiary/aromatic N) is 2. The molecule has 3 N–H and O–H groups in total. The van der Waals surface area contributed by atoms with Gasteiger partial charge in [0.2, 0.25) is 15.9 Å². The van der Waals surface area contributed by atoms with Crippen LogP contribution >= 0.6 is 0 Å². The van der Waals surface area contributed by atoms with Crippen LogP contribution in [0.4, 0.5) is 11.5 Å². The first kappa shape index (κ1) is 22.9. The molecule has 0 saturated heterocycles. The van der Waals surface area contributed by atoms with E-state index in [-0.39, 0.29) is 10.8 Å². The molecule has 8 heteroatoms. The van der Waals surface area contributed by atoms with Crippen molar-refractivity contribution in [1.29, 1.82) is 0 Å². The van der Waals surface area contributed by atoms with Crippen molar-refractivity contribution in [2.24, 2.45) is 0 Å². The Balaban J connectivity index is 1.67. The Kier molecular flexibility index (Phi) is 6.49. The molecule has 3 aromatic rings. The summed E-state index contributed by atoms with van der Waals surface area (Å²) in [5.41, 5.74) is 11.5. The molecular formula is C25H28N4O3S. The standard InChI is InChI=1S/C25H28N4O3S/c1-3-29(4-2)33(31,32)21-11-8-17(9-12-21)20-15-22(25(26)27-16-20)18-10-13-23-19(14-18)6-5-7-24(30)28-23/h8-16H,3-7H2,1-2H3,(H2,26,27)(H,28,30). The summed E-state index contributed by atoms with van der Waals surface area (Å²) >= 11 is 0. The van der Waals surface area contributed by atoms with Gasteiger partial charge in [-0.2, -0.15) is 4.31 Å². The minimum absolute atomic E-state index is 0.0381. The van der Waals surface area contributed by atoms with Crippen molar-refractivity contribution < 1.29 is 13.2 Å². The third-order valence-corrected chi connectivity index (χ3v) is 8.05. The number of carbonyl (C=O) groups excluding carboxylic acids is 1. The number of sulfonamides is 1. The molecule has 0 unspecified atom stereocenters. The molecule has 7 nitrogen and oxygen atoms in total. The fourth-order valence-corrected chi connectivity index (χ4v) is 5.60. The molecule has 0 aliphatic carbocycles. The van der Waals surface area contributed by atoms with Crippen LogP contribution in [0.5, 0.6) is 0 Å². The third-order valence-electron chi connectivity index (χ3n) is 5.99. The van der Waals surface area contributed by atoms with E-state index in [9.17, 15) is 13.2 Å². The maximum Gasteiger partial charge on any atom is 0.243 e. The monoisotopic (exact) mass is 464 g/mol. The first-order chi connectivity index (χ1) is 15.8. The smallest absolute Gasteiger partial charge is 0.243 e. The van der Waals surface area contributed by atoms with Crippen molar-refractivity contribution in [3.05, 3.63) is 60.3 Å². The maximum absolute atomic E-state index is 12.8. The maximum atomic E-state index is 12.8. The fraction of sp³-hybridized carbons (Fsp3) is 0.280. The molecule has 2 aromatic carbocycles. The first-order valence-corrected chi connectivity index (χ1v) is 12.6. The van der Waals surface area contributed by atoms with E-state index < -0.39 is 10.0 Å². The molecule has 0 spiro atoms. The second kappa shape index (κ2) is 9.33. The number of nitrogens with one attached hydrogen (secondary N) is 1. The molecule has 33 heavy (non-hydrogen) atoms. The lowest BCUT2D eigenvalue weighted by atomic mass is 9.97. The largest absolute Gasteiger partial charge is 0.383 e. The van der Waals surface area contributed by atoms with Gasteiger partial charge in [0.15, 0.2) is 0 Å². The number of anilines is 2. The molecule has 0 saturated carbocycles. The Morgan fingerprint density at radius 1 is 0.970 bits per heavy atom. The van der Waals surface area contributed by atoms with E-state index in [2.05, 4.69) is 16.4 Å². The number of aromatic nitrogens is 1. The molecule has 2 heterocycles. The van der Waals surface area contributed by atoms with Crippen LogP contribution in [0.3, 0.4) is 0 Å². The highest BCUT2D eigenvalue weighted by Crippen LogP contribution is 2.33. The van der Waals surface area contributed by atoms with E-state index in [0.29, 0.717) is 25.3 Å².